The van der Waals surface area contributed by atoms with Crippen LogP contribution in [0.25, 0.3) is 10.2 Å². The fourth-order valence-corrected chi connectivity index (χ4v) is 3.84. The summed E-state index contributed by atoms with van der Waals surface area (Å²) in [5, 5.41) is 0. The number of nitrogens with zero attached hydrogens (tertiary/aromatic N) is 4. The van der Waals surface area contributed by atoms with E-state index in [1.54, 1.807) is 0 Å². The van der Waals surface area contributed by atoms with Gasteiger partial charge in [0.15, 0.2) is 5.82 Å². The maximum atomic E-state index is 5.91. The number of unbranched alkanes of at least 4 members (excludes halogenated alkanes) is 1. The van der Waals surface area contributed by atoms with Gasteiger partial charge >= 0.3 is 0 Å². The number of thiophene rings is 1. The van der Waals surface area contributed by atoms with Gasteiger partial charge in [0.2, 0.25) is 5.95 Å². The van der Waals surface area contributed by atoms with Crippen molar-refractivity contribution in [1.29, 1.82) is 0 Å². The van der Waals surface area contributed by atoms with Gasteiger partial charge in [-0.25, -0.2) is 4.98 Å². The first kappa shape index (κ1) is 14.5. The Balaban J connectivity index is 1.94. The van der Waals surface area contributed by atoms with Gasteiger partial charge in [-0.15, -0.1) is 11.3 Å². The summed E-state index contributed by atoms with van der Waals surface area (Å²) in [7, 11) is 2.16. The van der Waals surface area contributed by atoms with Crippen molar-refractivity contribution in [2.45, 2.75) is 26.2 Å². The third kappa shape index (κ3) is 3.11. The molecule has 1 fully saturated rings. The molecule has 3 rings (SSSR count). The highest BCUT2D eigenvalue weighted by molar-refractivity contribution is 7.19. The zero-order chi connectivity index (χ0) is 14.8. The van der Waals surface area contributed by atoms with Crippen LogP contribution in [0.1, 0.15) is 24.6 Å². The highest BCUT2D eigenvalue weighted by atomic mass is 32.1. The Morgan fingerprint density at radius 2 is 2.00 bits per heavy atom. The van der Waals surface area contributed by atoms with Gasteiger partial charge in [-0.1, -0.05) is 13.3 Å². The standard InChI is InChI=1S/C15H23N5S/c1-3-4-5-11-10-12-13(21-11)14(18-15(16)17-12)20-8-6-19(2)7-9-20/h10H,3-9H2,1-2H3,(H2,16,17,18). The van der Waals surface area contributed by atoms with Gasteiger partial charge in [-0.05, 0) is 26.0 Å². The second-order valence-corrected chi connectivity index (χ2v) is 6.86. The molecule has 2 aromatic rings. The monoisotopic (exact) mass is 305 g/mol. The zero-order valence-corrected chi connectivity index (χ0v) is 13.6. The first-order chi connectivity index (χ1) is 10.2. The van der Waals surface area contributed by atoms with E-state index in [0.717, 1.165) is 43.9 Å². The maximum absolute atomic E-state index is 5.91. The molecule has 5 nitrogen and oxygen atoms in total. The Bertz CT molecular complexity index is 616. The molecule has 114 valence electrons. The van der Waals surface area contributed by atoms with Gasteiger partial charge in [-0.3, -0.25) is 0 Å². The average molecular weight is 305 g/mol. The van der Waals surface area contributed by atoms with Crippen LogP contribution in [0.3, 0.4) is 0 Å². The minimum Gasteiger partial charge on any atom is -0.368 e. The Morgan fingerprint density at radius 3 is 2.71 bits per heavy atom. The van der Waals surface area contributed by atoms with Crippen molar-refractivity contribution in [1.82, 2.24) is 14.9 Å². The van der Waals surface area contributed by atoms with Crippen LogP contribution < -0.4 is 10.6 Å². The normalized spacial score (nSPS) is 16.8. The number of fused-ring (bicyclic) bond motifs is 1. The molecule has 0 amide bonds. The first-order valence-corrected chi connectivity index (χ1v) is 8.48. The molecule has 0 atom stereocenters. The minimum atomic E-state index is 0.385. The van der Waals surface area contributed by atoms with Crippen molar-refractivity contribution in [3.8, 4) is 0 Å². The molecule has 0 spiro atoms. The number of piperazine rings is 1. The summed E-state index contributed by atoms with van der Waals surface area (Å²) in [6, 6.07) is 2.19. The molecule has 0 unspecified atom stereocenters. The van der Waals surface area contributed by atoms with Crippen LogP contribution in [0.2, 0.25) is 0 Å². The number of rotatable bonds is 4. The molecule has 21 heavy (non-hydrogen) atoms. The summed E-state index contributed by atoms with van der Waals surface area (Å²) in [5.74, 6) is 1.41. The third-order valence-corrected chi connectivity index (χ3v) is 5.18. The lowest BCUT2D eigenvalue weighted by molar-refractivity contribution is 0.312. The predicted octanol–water partition coefficient (Wildman–Crippen LogP) is 2.37. The van der Waals surface area contributed by atoms with Gasteiger partial charge in [0.05, 0.1) is 10.2 Å². The van der Waals surface area contributed by atoms with E-state index in [-0.39, 0.29) is 0 Å². The highest BCUT2D eigenvalue weighted by Gasteiger charge is 2.20. The second-order valence-electron chi connectivity index (χ2n) is 5.73. The van der Waals surface area contributed by atoms with E-state index in [1.807, 2.05) is 11.3 Å². The molecule has 3 heterocycles. The number of hydrogen-bond acceptors (Lipinski definition) is 6. The molecule has 0 saturated carbocycles. The molecule has 2 aromatic heterocycles. The van der Waals surface area contributed by atoms with Crippen molar-refractivity contribution in [2.75, 3.05) is 43.9 Å². The van der Waals surface area contributed by atoms with E-state index in [9.17, 15) is 0 Å². The Morgan fingerprint density at radius 1 is 1.24 bits per heavy atom. The van der Waals surface area contributed by atoms with Crippen molar-refractivity contribution in [3.63, 3.8) is 0 Å². The summed E-state index contributed by atoms with van der Waals surface area (Å²) in [4.78, 5) is 15.0. The van der Waals surface area contributed by atoms with E-state index in [4.69, 9.17) is 5.73 Å². The molecule has 0 radical (unpaired) electrons. The molecule has 0 bridgehead atoms. The highest BCUT2D eigenvalue weighted by Crippen LogP contribution is 2.33. The van der Waals surface area contributed by atoms with Crippen LogP contribution in [0.5, 0.6) is 0 Å². The fourth-order valence-electron chi connectivity index (χ4n) is 2.69. The molecular formula is C15H23N5S. The van der Waals surface area contributed by atoms with Crippen molar-refractivity contribution in [2.24, 2.45) is 0 Å². The molecule has 1 saturated heterocycles. The van der Waals surface area contributed by atoms with Crippen LogP contribution in [-0.4, -0.2) is 48.1 Å². The fraction of sp³-hybridized carbons (Fsp3) is 0.600. The summed E-state index contributed by atoms with van der Waals surface area (Å²) in [6.07, 6.45) is 3.56. The largest absolute Gasteiger partial charge is 0.368 e. The number of aryl methyl sites for hydroxylation is 1. The Labute approximate surface area is 129 Å². The number of aromatic nitrogens is 2. The molecule has 0 aromatic carbocycles. The number of nitrogen functional groups attached to an aromatic ring is 1. The lowest BCUT2D eigenvalue weighted by atomic mass is 10.2. The van der Waals surface area contributed by atoms with Crippen molar-refractivity contribution < 1.29 is 0 Å². The molecule has 0 aliphatic carbocycles. The topological polar surface area (TPSA) is 58.3 Å². The van der Waals surface area contributed by atoms with Crippen LogP contribution in [0, 0.1) is 0 Å². The number of anilines is 2. The zero-order valence-electron chi connectivity index (χ0n) is 12.8. The quantitative estimate of drug-likeness (QED) is 0.940. The smallest absolute Gasteiger partial charge is 0.222 e. The minimum absolute atomic E-state index is 0.385. The van der Waals surface area contributed by atoms with Crippen LogP contribution in [0.4, 0.5) is 11.8 Å². The van der Waals surface area contributed by atoms with Gasteiger partial charge in [0.25, 0.3) is 0 Å². The first-order valence-electron chi connectivity index (χ1n) is 7.67. The second kappa shape index (κ2) is 6.15. The Hall–Kier alpha value is -1.40. The van der Waals surface area contributed by atoms with E-state index >= 15 is 0 Å². The van der Waals surface area contributed by atoms with Gasteiger partial charge in [0.1, 0.15) is 0 Å². The van der Waals surface area contributed by atoms with Crippen LogP contribution >= 0.6 is 11.3 Å². The molecule has 6 heteroatoms. The number of hydrogen-bond donors (Lipinski definition) is 1. The average Bonchev–Trinajstić information content (AvgIpc) is 2.87. The van der Waals surface area contributed by atoms with E-state index < -0.39 is 0 Å². The van der Waals surface area contributed by atoms with Crippen LogP contribution in [-0.2, 0) is 6.42 Å². The molecule has 1 aliphatic heterocycles. The summed E-state index contributed by atoms with van der Waals surface area (Å²) >= 11 is 1.83. The maximum Gasteiger partial charge on any atom is 0.222 e. The lowest BCUT2D eigenvalue weighted by Crippen LogP contribution is -2.44. The molecular weight excluding hydrogens is 282 g/mol. The summed E-state index contributed by atoms with van der Waals surface area (Å²) in [5.41, 5.74) is 6.92. The third-order valence-electron chi connectivity index (χ3n) is 4.00. The molecule has 1 aliphatic rings. The van der Waals surface area contributed by atoms with Crippen molar-refractivity contribution >= 4 is 33.3 Å². The number of nitrogens with two attached hydrogens (primary N) is 1. The van der Waals surface area contributed by atoms with Gasteiger partial charge in [0, 0.05) is 31.1 Å². The SMILES string of the molecule is CCCCc1cc2nc(N)nc(N3CCN(C)CC3)c2s1. The molecule has 2 N–H and O–H groups in total. The van der Waals surface area contributed by atoms with Gasteiger partial charge < -0.3 is 15.5 Å². The van der Waals surface area contributed by atoms with Crippen molar-refractivity contribution in [3.05, 3.63) is 10.9 Å². The van der Waals surface area contributed by atoms with E-state index in [0.29, 0.717) is 5.95 Å². The summed E-state index contributed by atoms with van der Waals surface area (Å²) in [6.45, 7) is 6.37. The lowest BCUT2D eigenvalue weighted by Gasteiger charge is -2.33. The summed E-state index contributed by atoms with van der Waals surface area (Å²) < 4.78 is 1.19. The van der Waals surface area contributed by atoms with E-state index in [2.05, 4.69) is 39.8 Å². The predicted molar refractivity (Wildman–Crippen MR) is 90.1 cm³/mol. The van der Waals surface area contributed by atoms with Gasteiger partial charge in [-0.2, -0.15) is 4.98 Å². The number of likely N-dealkylation sites (N-methyl/N-ethyl adjacent to an activating group) is 1. The van der Waals surface area contributed by atoms with E-state index in [1.165, 1.54) is 22.4 Å². The Kier molecular flexibility index (Phi) is 4.26. The van der Waals surface area contributed by atoms with Crippen LogP contribution in [0.15, 0.2) is 6.07 Å².